The van der Waals surface area contributed by atoms with Gasteiger partial charge in [-0.05, 0) is 85.3 Å². The third kappa shape index (κ3) is 5.38. The topological polar surface area (TPSA) is 32.6 Å². The molecule has 14 aromatic rings. The number of nitrogens with zero attached hydrogens (tertiary/aromatic N) is 5. The second kappa shape index (κ2) is 14.4. The zero-order chi connectivity index (χ0) is 46.4. The third-order valence-corrected chi connectivity index (χ3v) is 15.8. The fourth-order valence-electron chi connectivity index (χ4n) is 12.7. The lowest BCUT2D eigenvalue weighted by Crippen LogP contribution is -2.17. The number of para-hydroxylation sites is 4. The van der Waals surface area contributed by atoms with Crippen LogP contribution in [0, 0.1) is 5.92 Å². The van der Waals surface area contributed by atoms with Crippen molar-refractivity contribution in [2.24, 2.45) is 5.92 Å². The molecule has 5 heterocycles. The second-order valence-electron chi connectivity index (χ2n) is 19.5. The Labute approximate surface area is 408 Å². The average Bonchev–Trinajstić information content (AvgIpc) is 3.63. The fraction of sp³-hybridized carbons (Fsp3) is 0.0455. The first-order valence-corrected chi connectivity index (χ1v) is 24.7. The van der Waals surface area contributed by atoms with Gasteiger partial charge in [0.25, 0.3) is 0 Å². The average molecular weight is 906 g/mol. The Hall–Kier alpha value is -9.19. The van der Waals surface area contributed by atoms with Gasteiger partial charge in [0.15, 0.2) is 0 Å². The zero-order valence-corrected chi connectivity index (χ0v) is 38.6. The van der Waals surface area contributed by atoms with Crippen LogP contribution >= 0.6 is 0 Å². The van der Waals surface area contributed by atoms with Crippen LogP contribution in [-0.2, 0) is 5.54 Å². The molecule has 1 saturated carbocycles. The van der Waals surface area contributed by atoms with Crippen LogP contribution in [0.25, 0.3) is 127 Å². The number of hydrogen-bond acceptors (Lipinski definition) is 1. The van der Waals surface area contributed by atoms with E-state index in [0.29, 0.717) is 5.92 Å². The van der Waals surface area contributed by atoms with Crippen molar-refractivity contribution in [1.82, 2.24) is 23.3 Å². The van der Waals surface area contributed by atoms with Gasteiger partial charge in [-0.3, -0.25) is 0 Å². The summed E-state index contributed by atoms with van der Waals surface area (Å²) in [6, 6.07) is 80.0. The first-order chi connectivity index (χ1) is 35.2. The predicted molar refractivity (Wildman–Crippen MR) is 295 cm³/mol. The Morgan fingerprint density at radius 3 is 1.56 bits per heavy atom. The highest BCUT2D eigenvalue weighted by atomic mass is 15.1. The van der Waals surface area contributed by atoms with E-state index < -0.39 is 0 Å². The van der Waals surface area contributed by atoms with Crippen LogP contribution in [0.15, 0.2) is 243 Å². The van der Waals surface area contributed by atoms with Crippen LogP contribution in [0.4, 0.5) is 0 Å². The molecule has 0 aliphatic heterocycles. The summed E-state index contributed by atoms with van der Waals surface area (Å²) in [5, 5.41) is 10.1. The molecule has 2 unspecified atom stereocenters. The minimum Gasteiger partial charge on any atom is -0.329 e. The number of aromatic nitrogens is 5. The van der Waals surface area contributed by atoms with Crippen molar-refractivity contribution in [3.63, 3.8) is 0 Å². The van der Waals surface area contributed by atoms with E-state index in [1.54, 1.807) is 0 Å². The molecular formula is C66H43N5. The molecule has 0 N–H and O–H groups in total. The number of rotatable bonds is 6. The van der Waals surface area contributed by atoms with Crippen molar-refractivity contribution in [1.29, 1.82) is 0 Å². The van der Waals surface area contributed by atoms with Gasteiger partial charge in [-0.25, -0.2) is 4.98 Å². The van der Waals surface area contributed by atoms with Crippen molar-refractivity contribution < 1.29 is 0 Å². The Bertz CT molecular complexity index is 4630. The Balaban J connectivity index is 0.924. The molecule has 0 radical (unpaired) electrons. The van der Waals surface area contributed by atoms with Crippen LogP contribution < -0.4 is 0 Å². The number of pyridine rings is 1. The summed E-state index contributed by atoms with van der Waals surface area (Å²) in [6.07, 6.45) is 10.4. The SMILES string of the molecule is C1=CC2CC2(n2c3ccccc3c3ccc4c(c5ccccc5n4-c4cccc(-n5c6ccccc6c6ccc7c(c8ccccc8n7-c7cccc(-c8cccc(-c9ccccc9)n8)c7)c65)c4)c32)C=C1. The van der Waals surface area contributed by atoms with E-state index >= 15 is 0 Å². The molecule has 2 aliphatic rings. The van der Waals surface area contributed by atoms with Crippen LogP contribution in [0.2, 0.25) is 0 Å². The smallest absolute Gasteiger partial charge is 0.0710 e. The van der Waals surface area contributed by atoms with Crippen molar-refractivity contribution in [2.45, 2.75) is 12.0 Å². The third-order valence-electron chi connectivity index (χ3n) is 15.8. The van der Waals surface area contributed by atoms with E-state index in [1.807, 2.05) is 6.07 Å². The lowest BCUT2D eigenvalue weighted by Gasteiger charge is -2.20. The predicted octanol–water partition coefficient (Wildman–Crippen LogP) is 16.7. The van der Waals surface area contributed by atoms with E-state index in [2.05, 4.69) is 255 Å². The number of benzene rings is 9. The molecule has 5 nitrogen and oxygen atoms in total. The highest BCUT2D eigenvalue weighted by Gasteiger charge is 2.54. The summed E-state index contributed by atoms with van der Waals surface area (Å²) in [7, 11) is 0. The minimum atomic E-state index is -0.0625. The maximum absolute atomic E-state index is 5.16. The highest BCUT2D eigenvalue weighted by molar-refractivity contribution is 6.27. The zero-order valence-electron chi connectivity index (χ0n) is 38.6. The molecule has 16 rings (SSSR count). The molecule has 0 saturated heterocycles. The van der Waals surface area contributed by atoms with Gasteiger partial charge in [0.2, 0.25) is 0 Å². The first-order valence-electron chi connectivity index (χ1n) is 24.7. The highest BCUT2D eigenvalue weighted by Crippen LogP contribution is 2.58. The molecule has 71 heavy (non-hydrogen) atoms. The molecule has 2 atom stereocenters. The molecule has 1 fully saturated rings. The summed E-state index contributed by atoms with van der Waals surface area (Å²) in [4.78, 5) is 5.16. The summed E-state index contributed by atoms with van der Waals surface area (Å²) in [5.74, 6) is 0.490. The molecule has 0 bridgehead atoms. The number of allylic oxidation sites excluding steroid dienone is 4. The Kier molecular flexibility index (Phi) is 7.87. The van der Waals surface area contributed by atoms with E-state index in [-0.39, 0.29) is 5.54 Å². The lowest BCUT2D eigenvalue weighted by molar-refractivity contribution is 0.603. The van der Waals surface area contributed by atoms with Crippen molar-refractivity contribution in [2.75, 3.05) is 0 Å². The van der Waals surface area contributed by atoms with Gasteiger partial charge in [0.05, 0.1) is 55.5 Å². The summed E-state index contributed by atoms with van der Waals surface area (Å²) in [6.45, 7) is 0. The maximum Gasteiger partial charge on any atom is 0.0710 e. The quantitative estimate of drug-likeness (QED) is 0.164. The summed E-state index contributed by atoms with van der Waals surface area (Å²) < 4.78 is 10.1. The molecule has 2 aliphatic carbocycles. The number of hydrogen-bond donors (Lipinski definition) is 0. The van der Waals surface area contributed by atoms with E-state index in [9.17, 15) is 0 Å². The summed E-state index contributed by atoms with van der Waals surface area (Å²) in [5.41, 5.74) is 17.1. The normalized spacial score (nSPS) is 16.5. The summed E-state index contributed by atoms with van der Waals surface area (Å²) >= 11 is 0. The second-order valence-corrected chi connectivity index (χ2v) is 19.5. The largest absolute Gasteiger partial charge is 0.329 e. The van der Waals surface area contributed by atoms with Gasteiger partial charge in [-0.1, -0.05) is 164 Å². The fourth-order valence-corrected chi connectivity index (χ4v) is 12.7. The molecular weight excluding hydrogens is 863 g/mol. The van der Waals surface area contributed by atoms with Crippen LogP contribution in [0.5, 0.6) is 0 Å². The molecule has 9 aromatic carbocycles. The van der Waals surface area contributed by atoms with Crippen LogP contribution in [-0.4, -0.2) is 23.3 Å². The maximum atomic E-state index is 5.16. The van der Waals surface area contributed by atoms with E-state index in [0.717, 1.165) is 57.0 Å². The van der Waals surface area contributed by atoms with Gasteiger partial charge in [0, 0.05) is 82.7 Å². The monoisotopic (exact) mass is 905 g/mol. The lowest BCUT2D eigenvalue weighted by atomic mass is 10.1. The minimum absolute atomic E-state index is 0.0625. The van der Waals surface area contributed by atoms with Gasteiger partial charge in [0.1, 0.15) is 0 Å². The standard InChI is InChI=1S/C66H43N5/c1-2-17-42(18-3-1)54-28-16-29-55(67-54)43-19-14-21-45(39-43)68-57-31-9-6-26-52(57)62-60(68)36-34-50-48-24-4-8-30-56(48)70(64(50)62)47-23-15-22-46(40-47)69-58-32-10-7-27-53(58)63-61(69)37-35-51-49-25-5-11-33-59(49)71(65(51)63)66-38-13-12-20-44(66)41-66/h1-40,44H,41H2. The molecule has 0 spiro atoms. The van der Waals surface area contributed by atoms with Crippen molar-refractivity contribution in [3.05, 3.63) is 243 Å². The van der Waals surface area contributed by atoms with Crippen molar-refractivity contribution in [3.8, 4) is 39.6 Å². The number of fused-ring (bicyclic) bond motifs is 15. The van der Waals surface area contributed by atoms with Gasteiger partial charge in [-0.15, -0.1) is 0 Å². The molecule has 332 valence electrons. The van der Waals surface area contributed by atoms with Crippen LogP contribution in [0.3, 0.4) is 0 Å². The van der Waals surface area contributed by atoms with Gasteiger partial charge in [-0.2, -0.15) is 0 Å². The molecule has 5 aromatic heterocycles. The molecule has 0 amide bonds. The van der Waals surface area contributed by atoms with Gasteiger partial charge < -0.3 is 18.3 Å². The van der Waals surface area contributed by atoms with Crippen molar-refractivity contribution >= 4 is 87.2 Å². The first kappa shape index (κ1) is 38.7. The molecule has 5 heteroatoms. The Morgan fingerprint density at radius 1 is 0.366 bits per heavy atom. The van der Waals surface area contributed by atoms with E-state index in [1.165, 1.54) is 76.2 Å². The van der Waals surface area contributed by atoms with Gasteiger partial charge >= 0.3 is 0 Å². The van der Waals surface area contributed by atoms with Crippen LogP contribution in [0.1, 0.15) is 6.42 Å². The van der Waals surface area contributed by atoms with E-state index in [4.69, 9.17) is 4.98 Å². The Morgan fingerprint density at radius 2 is 0.873 bits per heavy atom.